The summed E-state index contributed by atoms with van der Waals surface area (Å²) in [6.45, 7) is 0. The molecule has 0 aliphatic rings. The number of rotatable bonds is 8. The summed E-state index contributed by atoms with van der Waals surface area (Å²) in [4.78, 5) is 52.7. The van der Waals surface area contributed by atoms with Crippen molar-refractivity contribution in [2.45, 2.75) is 0 Å². The maximum atomic E-state index is 12.2. The maximum absolute atomic E-state index is 12.2. The first-order valence-corrected chi connectivity index (χ1v) is 8.78. The van der Waals surface area contributed by atoms with E-state index in [1.54, 1.807) is 30.3 Å². The Kier molecular flexibility index (Phi) is 6.45. The molecule has 0 radical (unpaired) electrons. The third-order valence-corrected chi connectivity index (χ3v) is 3.95. The number of hydrogen-bond donors (Lipinski definition) is 4. The van der Waals surface area contributed by atoms with Crippen molar-refractivity contribution in [3.05, 3.63) is 92.3 Å². The molecule has 4 N–H and O–H groups in total. The Morgan fingerprint density at radius 1 is 0.750 bits per heavy atom. The van der Waals surface area contributed by atoms with Crippen molar-refractivity contribution in [2.24, 2.45) is 0 Å². The number of nitro groups is 2. The van der Waals surface area contributed by atoms with Crippen molar-refractivity contribution in [1.82, 2.24) is 20.8 Å². The lowest BCUT2D eigenvalue weighted by molar-refractivity contribution is -0.384. The molecule has 0 atom stereocenters. The topological polar surface area (TPSA) is 194 Å². The fourth-order valence-electron chi connectivity index (χ4n) is 2.46. The average Bonchev–Trinajstić information content (AvgIpc) is 2.81. The molecule has 3 rings (SSSR count). The van der Waals surface area contributed by atoms with Crippen LogP contribution in [0.2, 0.25) is 0 Å². The zero-order valence-electron chi connectivity index (χ0n) is 16.0. The largest absolute Gasteiger partial charge is 0.356 e. The summed E-state index contributed by atoms with van der Waals surface area (Å²) in [5.74, 6) is -2.10. The molecule has 14 heteroatoms. The van der Waals surface area contributed by atoms with E-state index in [0.717, 1.165) is 12.4 Å². The number of hydrogen-bond acceptors (Lipinski definition) is 10. The highest BCUT2D eigenvalue weighted by Crippen LogP contribution is 2.27. The monoisotopic (exact) mass is 438 g/mol. The number of nitro benzene ring substituents is 1. The molecule has 2 amide bonds. The minimum atomic E-state index is -0.821. The van der Waals surface area contributed by atoms with Crippen LogP contribution in [-0.4, -0.2) is 31.6 Å². The minimum Gasteiger partial charge on any atom is -0.276 e. The van der Waals surface area contributed by atoms with Gasteiger partial charge in [0.15, 0.2) is 0 Å². The summed E-state index contributed by atoms with van der Waals surface area (Å²) in [6, 6.07) is 13.0. The summed E-state index contributed by atoms with van der Waals surface area (Å²) < 4.78 is 0. The van der Waals surface area contributed by atoms with Gasteiger partial charge in [0, 0.05) is 23.3 Å². The van der Waals surface area contributed by atoms with Crippen LogP contribution in [-0.2, 0) is 0 Å². The van der Waals surface area contributed by atoms with Crippen molar-refractivity contribution >= 4 is 34.8 Å². The normalized spacial score (nSPS) is 10.0. The predicted octanol–water partition coefficient (Wildman–Crippen LogP) is 1.81. The molecule has 0 aliphatic heterocycles. The Labute approximate surface area is 178 Å². The molecule has 3 aromatic rings. The fourth-order valence-corrected chi connectivity index (χ4v) is 2.46. The van der Waals surface area contributed by atoms with Gasteiger partial charge in [0.1, 0.15) is 6.33 Å². The molecule has 1 heterocycles. The van der Waals surface area contributed by atoms with Crippen molar-refractivity contribution in [2.75, 3.05) is 10.9 Å². The van der Waals surface area contributed by atoms with Gasteiger partial charge >= 0.3 is 5.69 Å². The molecule has 1 aromatic heterocycles. The fraction of sp³-hybridized carbons (Fsp3) is 0. The zero-order chi connectivity index (χ0) is 23.1. The molecule has 0 saturated carbocycles. The molecule has 14 nitrogen and oxygen atoms in total. The number of aromatic nitrogens is 2. The second-order valence-corrected chi connectivity index (χ2v) is 6.01. The van der Waals surface area contributed by atoms with Crippen LogP contribution in [0.25, 0.3) is 0 Å². The van der Waals surface area contributed by atoms with Crippen LogP contribution >= 0.6 is 0 Å². The van der Waals surface area contributed by atoms with E-state index in [4.69, 9.17) is 0 Å². The molecule has 0 aliphatic carbocycles. The summed E-state index contributed by atoms with van der Waals surface area (Å²) in [6.07, 6.45) is 0.964. The van der Waals surface area contributed by atoms with Crippen LogP contribution in [0.15, 0.2) is 60.9 Å². The van der Waals surface area contributed by atoms with Gasteiger partial charge in [0.05, 0.1) is 9.85 Å². The van der Waals surface area contributed by atoms with Crippen LogP contribution in [0, 0.1) is 20.2 Å². The van der Waals surface area contributed by atoms with E-state index in [0.29, 0.717) is 5.56 Å². The number of anilines is 2. The third kappa shape index (κ3) is 5.07. The van der Waals surface area contributed by atoms with Crippen LogP contribution in [0.3, 0.4) is 0 Å². The van der Waals surface area contributed by atoms with Gasteiger partial charge in [-0.05, 0) is 18.2 Å². The van der Waals surface area contributed by atoms with Gasteiger partial charge in [-0.15, -0.1) is 0 Å². The predicted molar refractivity (Wildman–Crippen MR) is 110 cm³/mol. The minimum absolute atomic E-state index is 0.0584. The lowest BCUT2D eigenvalue weighted by Gasteiger charge is -2.11. The second kappa shape index (κ2) is 9.57. The molecule has 162 valence electrons. The standard InChI is InChI=1S/C18H14N8O6/c27-17(11-5-2-1-3-6-11)23-21-15-14(26(31)32)16(20-10-19-15)22-24-18(28)12-7-4-8-13(9-12)25(29)30/h1-10H,(H,23,27)(H,24,28)(H2,19,20,21,22). The molecule has 0 saturated heterocycles. The van der Waals surface area contributed by atoms with Gasteiger partial charge in [-0.3, -0.25) is 51.5 Å². The van der Waals surface area contributed by atoms with Crippen LogP contribution in [0.1, 0.15) is 20.7 Å². The summed E-state index contributed by atoms with van der Waals surface area (Å²) in [5.41, 5.74) is 8.38. The Morgan fingerprint density at radius 3 is 1.88 bits per heavy atom. The van der Waals surface area contributed by atoms with E-state index in [1.165, 1.54) is 18.2 Å². The van der Waals surface area contributed by atoms with Crippen molar-refractivity contribution in [3.63, 3.8) is 0 Å². The number of benzene rings is 2. The first-order chi connectivity index (χ1) is 15.4. The lowest BCUT2D eigenvalue weighted by Crippen LogP contribution is -2.32. The highest BCUT2D eigenvalue weighted by atomic mass is 16.6. The van der Waals surface area contributed by atoms with Crippen molar-refractivity contribution in [1.29, 1.82) is 0 Å². The SMILES string of the molecule is O=C(NNc1ncnc(NNC(=O)c2cccc([N+](=O)[O-])c2)c1[N+](=O)[O-])c1ccccc1. The van der Waals surface area contributed by atoms with E-state index in [9.17, 15) is 29.8 Å². The second-order valence-electron chi connectivity index (χ2n) is 6.01. The molecular formula is C18H14N8O6. The van der Waals surface area contributed by atoms with Crippen molar-refractivity contribution in [3.8, 4) is 0 Å². The van der Waals surface area contributed by atoms with Gasteiger partial charge in [0.25, 0.3) is 17.5 Å². The number of hydrazine groups is 2. The molecule has 0 bridgehead atoms. The summed E-state index contributed by atoms with van der Waals surface area (Å²) in [7, 11) is 0. The number of nitrogens with one attached hydrogen (secondary N) is 4. The summed E-state index contributed by atoms with van der Waals surface area (Å²) >= 11 is 0. The van der Waals surface area contributed by atoms with Gasteiger partial charge < -0.3 is 0 Å². The Bertz CT molecular complexity index is 1190. The average molecular weight is 438 g/mol. The van der Waals surface area contributed by atoms with Crippen LogP contribution < -0.4 is 21.7 Å². The lowest BCUT2D eigenvalue weighted by atomic mass is 10.2. The van der Waals surface area contributed by atoms with E-state index in [2.05, 4.69) is 31.7 Å². The van der Waals surface area contributed by atoms with Gasteiger partial charge in [-0.1, -0.05) is 24.3 Å². The van der Waals surface area contributed by atoms with E-state index >= 15 is 0 Å². The molecule has 0 spiro atoms. The van der Waals surface area contributed by atoms with E-state index in [-0.39, 0.29) is 22.9 Å². The molecule has 2 aromatic carbocycles. The number of carbonyl (C=O) groups excluding carboxylic acids is 2. The zero-order valence-corrected chi connectivity index (χ0v) is 16.0. The molecular weight excluding hydrogens is 424 g/mol. The van der Waals surface area contributed by atoms with Gasteiger partial charge in [-0.2, -0.15) is 0 Å². The third-order valence-electron chi connectivity index (χ3n) is 3.95. The number of nitrogens with zero attached hydrogens (tertiary/aromatic N) is 4. The molecule has 32 heavy (non-hydrogen) atoms. The van der Waals surface area contributed by atoms with Gasteiger partial charge in [-0.25, -0.2) is 9.97 Å². The van der Waals surface area contributed by atoms with Crippen LogP contribution in [0.4, 0.5) is 23.0 Å². The van der Waals surface area contributed by atoms with Crippen molar-refractivity contribution < 1.29 is 19.4 Å². The number of non-ortho nitro benzene ring substituents is 1. The quantitative estimate of drug-likeness (QED) is 0.297. The first-order valence-electron chi connectivity index (χ1n) is 8.78. The first kappa shape index (κ1) is 21.6. The maximum Gasteiger partial charge on any atom is 0.356 e. The highest BCUT2D eigenvalue weighted by Gasteiger charge is 2.24. The Balaban J connectivity index is 1.74. The van der Waals surface area contributed by atoms with E-state index in [1.807, 2.05) is 0 Å². The number of carbonyl (C=O) groups is 2. The molecule has 0 fully saturated rings. The highest BCUT2D eigenvalue weighted by molar-refractivity contribution is 5.96. The van der Waals surface area contributed by atoms with Crippen LogP contribution in [0.5, 0.6) is 0 Å². The number of amides is 2. The Morgan fingerprint density at radius 2 is 1.31 bits per heavy atom. The van der Waals surface area contributed by atoms with Gasteiger partial charge in [0.2, 0.25) is 11.6 Å². The smallest absolute Gasteiger partial charge is 0.276 e. The molecule has 0 unspecified atom stereocenters. The summed E-state index contributed by atoms with van der Waals surface area (Å²) in [5, 5.41) is 22.4. The van der Waals surface area contributed by atoms with E-state index < -0.39 is 27.3 Å². The Hall–Kier alpha value is -5.14.